The predicted octanol–water partition coefficient (Wildman–Crippen LogP) is 4.29. The first-order valence-corrected chi connectivity index (χ1v) is 12.3. The molecule has 1 N–H and O–H groups in total. The Morgan fingerprint density at radius 3 is 2.44 bits per heavy atom. The molecule has 0 aliphatic carbocycles. The van der Waals surface area contributed by atoms with Crippen molar-refractivity contribution in [2.45, 2.75) is 31.6 Å². The van der Waals surface area contributed by atoms with E-state index in [1.54, 1.807) is 41.3 Å². The van der Waals surface area contributed by atoms with Crippen molar-refractivity contribution in [1.82, 2.24) is 4.90 Å². The second-order valence-electron chi connectivity index (χ2n) is 8.39. The number of benzene rings is 2. The van der Waals surface area contributed by atoms with Crippen LogP contribution < -0.4 is 4.72 Å². The summed E-state index contributed by atoms with van der Waals surface area (Å²) in [5.41, 5.74) is 1.71. The maximum absolute atomic E-state index is 13.2. The van der Waals surface area contributed by atoms with Crippen molar-refractivity contribution in [2.24, 2.45) is 5.92 Å². The van der Waals surface area contributed by atoms with Gasteiger partial charge in [0.2, 0.25) is 5.76 Å². The normalized spacial score (nSPS) is 14.8. The minimum atomic E-state index is -3.91. The highest BCUT2D eigenvalue weighted by molar-refractivity contribution is 7.92. The quantitative estimate of drug-likeness (QED) is 0.573. The lowest BCUT2D eigenvalue weighted by Gasteiger charge is -2.26. The summed E-state index contributed by atoms with van der Waals surface area (Å²) in [5.74, 6) is 0.216. The van der Waals surface area contributed by atoms with Gasteiger partial charge in [-0.3, -0.25) is 9.52 Å². The molecule has 4 rings (SSSR count). The summed E-state index contributed by atoms with van der Waals surface area (Å²) < 4.78 is 40.1. The lowest BCUT2D eigenvalue weighted by molar-refractivity contribution is 0.0285. The highest BCUT2D eigenvalue weighted by Gasteiger charge is 2.29. The number of nitrogens with one attached hydrogen (secondary N) is 1. The molecule has 8 heteroatoms. The van der Waals surface area contributed by atoms with Crippen molar-refractivity contribution in [2.75, 3.05) is 31.0 Å². The van der Waals surface area contributed by atoms with Gasteiger partial charge in [-0.25, -0.2) is 8.42 Å². The van der Waals surface area contributed by atoms with E-state index in [1.165, 1.54) is 0 Å². The Morgan fingerprint density at radius 1 is 1.06 bits per heavy atom. The van der Waals surface area contributed by atoms with Gasteiger partial charge in [-0.2, -0.15) is 0 Å². The minimum Gasteiger partial charge on any atom is -0.449 e. The first-order chi connectivity index (χ1) is 15.3. The molecule has 170 valence electrons. The molecule has 1 aliphatic rings. The number of fused-ring (bicyclic) bond motifs is 1. The largest absolute Gasteiger partial charge is 0.449 e. The number of hydrogen-bond acceptors (Lipinski definition) is 5. The molecule has 1 amide bonds. The molecule has 1 fully saturated rings. The molecule has 2 aromatic carbocycles. The first-order valence-electron chi connectivity index (χ1n) is 10.9. The zero-order chi connectivity index (χ0) is 22.7. The van der Waals surface area contributed by atoms with Crippen LogP contribution in [-0.4, -0.2) is 45.5 Å². The smallest absolute Gasteiger partial charge is 0.291 e. The van der Waals surface area contributed by atoms with Gasteiger partial charge in [0.1, 0.15) is 11.3 Å². The third kappa shape index (κ3) is 4.81. The number of aryl methyl sites for hydroxylation is 1. The highest BCUT2D eigenvalue weighted by Crippen LogP contribution is 2.33. The van der Waals surface area contributed by atoms with Crippen LogP contribution in [0.3, 0.4) is 0 Å². The van der Waals surface area contributed by atoms with E-state index in [0.717, 1.165) is 18.4 Å². The molecule has 7 nitrogen and oxygen atoms in total. The van der Waals surface area contributed by atoms with E-state index in [4.69, 9.17) is 9.15 Å². The number of nitrogens with zero attached hydrogens (tertiary/aromatic N) is 1. The number of furan rings is 1. The summed E-state index contributed by atoms with van der Waals surface area (Å²) >= 11 is 0. The molecule has 1 aliphatic heterocycles. The molecule has 0 unspecified atom stereocenters. The van der Waals surface area contributed by atoms with Gasteiger partial charge in [0, 0.05) is 18.5 Å². The zero-order valence-electron chi connectivity index (χ0n) is 18.3. The zero-order valence-corrected chi connectivity index (χ0v) is 19.2. The number of morpholine rings is 1. The maximum atomic E-state index is 13.2. The Morgan fingerprint density at radius 2 is 1.75 bits per heavy atom. The van der Waals surface area contributed by atoms with E-state index in [9.17, 15) is 13.2 Å². The molecule has 32 heavy (non-hydrogen) atoms. The van der Waals surface area contributed by atoms with Crippen LogP contribution >= 0.6 is 0 Å². The standard InChI is InChI=1S/C24H28N2O5S/c1-17(2)7-8-18-9-11-19(12-10-18)32(28,29)25-22-20-5-3-4-6-21(20)31-23(22)24(27)26-13-15-30-16-14-26/h3-6,9-12,17,25H,7-8,13-16H2,1-2H3. The van der Waals surface area contributed by atoms with Crippen molar-refractivity contribution >= 4 is 32.6 Å². The molecule has 3 aromatic rings. The van der Waals surface area contributed by atoms with Gasteiger partial charge in [0.25, 0.3) is 15.9 Å². The van der Waals surface area contributed by atoms with Gasteiger partial charge in [-0.1, -0.05) is 38.1 Å². The predicted molar refractivity (Wildman–Crippen MR) is 123 cm³/mol. The Hall–Kier alpha value is -2.84. The van der Waals surface area contributed by atoms with E-state index < -0.39 is 10.0 Å². The van der Waals surface area contributed by atoms with Crippen LogP contribution in [0.2, 0.25) is 0 Å². The molecule has 0 atom stereocenters. The highest BCUT2D eigenvalue weighted by atomic mass is 32.2. The van der Waals surface area contributed by atoms with Crippen molar-refractivity contribution in [3.63, 3.8) is 0 Å². The van der Waals surface area contributed by atoms with Crippen LogP contribution in [0.5, 0.6) is 0 Å². The van der Waals surface area contributed by atoms with E-state index in [-0.39, 0.29) is 22.3 Å². The van der Waals surface area contributed by atoms with E-state index in [2.05, 4.69) is 18.6 Å². The second kappa shape index (κ2) is 9.34. The number of para-hydroxylation sites is 1. The molecule has 1 aromatic heterocycles. The molecule has 1 saturated heterocycles. The van der Waals surface area contributed by atoms with E-state index in [0.29, 0.717) is 43.2 Å². The lowest BCUT2D eigenvalue weighted by Crippen LogP contribution is -2.40. The molecule has 0 saturated carbocycles. The summed E-state index contributed by atoms with van der Waals surface area (Å²) in [4.78, 5) is 14.9. The van der Waals surface area contributed by atoms with Crippen LogP contribution in [0, 0.1) is 5.92 Å². The van der Waals surface area contributed by atoms with Gasteiger partial charge in [0.15, 0.2) is 0 Å². The van der Waals surface area contributed by atoms with Gasteiger partial charge in [0.05, 0.1) is 18.1 Å². The van der Waals surface area contributed by atoms with Crippen molar-refractivity contribution < 1.29 is 22.4 Å². The van der Waals surface area contributed by atoms with Crippen LogP contribution in [0.4, 0.5) is 5.69 Å². The van der Waals surface area contributed by atoms with Gasteiger partial charge < -0.3 is 14.1 Å². The number of ether oxygens (including phenoxy) is 1. The summed E-state index contributed by atoms with van der Waals surface area (Å²) in [6.45, 7) is 6.06. The fraction of sp³-hybridized carbons (Fsp3) is 0.375. The van der Waals surface area contributed by atoms with E-state index in [1.807, 2.05) is 12.1 Å². The summed E-state index contributed by atoms with van der Waals surface area (Å²) in [6.07, 6.45) is 1.94. The lowest BCUT2D eigenvalue weighted by atomic mass is 10.0. The minimum absolute atomic E-state index is 0.00905. The topological polar surface area (TPSA) is 88.9 Å². The molecule has 2 heterocycles. The molecule has 0 bridgehead atoms. The summed E-state index contributed by atoms with van der Waals surface area (Å²) in [6, 6.07) is 13.9. The number of rotatable bonds is 7. The SMILES string of the molecule is CC(C)CCc1ccc(S(=O)(=O)Nc2c(C(=O)N3CCOCC3)oc3ccccc23)cc1. The van der Waals surface area contributed by atoms with Crippen LogP contribution in [0.1, 0.15) is 36.4 Å². The summed E-state index contributed by atoms with van der Waals surface area (Å²) in [5, 5.41) is 0.543. The van der Waals surface area contributed by atoms with Crippen molar-refractivity contribution in [1.29, 1.82) is 0 Å². The first kappa shape index (κ1) is 22.4. The van der Waals surface area contributed by atoms with Crippen LogP contribution in [-0.2, 0) is 21.2 Å². The van der Waals surface area contributed by atoms with E-state index >= 15 is 0 Å². The number of amides is 1. The fourth-order valence-electron chi connectivity index (χ4n) is 3.69. The number of carbonyl (C=O) groups excluding carboxylic acids is 1. The van der Waals surface area contributed by atoms with Gasteiger partial charge >= 0.3 is 0 Å². The molecule has 0 radical (unpaired) electrons. The fourth-order valence-corrected chi connectivity index (χ4v) is 4.77. The second-order valence-corrected chi connectivity index (χ2v) is 10.1. The molecule has 0 spiro atoms. The number of sulfonamides is 1. The average molecular weight is 457 g/mol. The average Bonchev–Trinajstić information content (AvgIpc) is 3.16. The van der Waals surface area contributed by atoms with Crippen LogP contribution in [0.15, 0.2) is 57.8 Å². The summed E-state index contributed by atoms with van der Waals surface area (Å²) in [7, 11) is -3.91. The van der Waals surface area contributed by atoms with Crippen LogP contribution in [0.25, 0.3) is 11.0 Å². The Labute approximate surface area is 188 Å². The third-order valence-electron chi connectivity index (χ3n) is 5.57. The van der Waals surface area contributed by atoms with Gasteiger partial charge in [-0.05, 0) is 48.6 Å². The molecular weight excluding hydrogens is 428 g/mol. The maximum Gasteiger partial charge on any atom is 0.291 e. The Kier molecular flexibility index (Phi) is 6.53. The Balaban J connectivity index is 1.64. The number of hydrogen-bond donors (Lipinski definition) is 1. The number of carbonyl (C=O) groups is 1. The van der Waals surface area contributed by atoms with Gasteiger partial charge in [-0.15, -0.1) is 0 Å². The Bertz CT molecular complexity index is 1190. The molecular formula is C24H28N2O5S. The monoisotopic (exact) mass is 456 g/mol. The van der Waals surface area contributed by atoms with Crippen molar-refractivity contribution in [3.05, 3.63) is 59.9 Å². The van der Waals surface area contributed by atoms with Crippen molar-refractivity contribution in [3.8, 4) is 0 Å². The number of anilines is 1. The third-order valence-corrected chi connectivity index (χ3v) is 6.93.